The van der Waals surface area contributed by atoms with Crippen LogP contribution in [0.5, 0.6) is 0 Å². The zero-order valence-electron chi connectivity index (χ0n) is 7.48. The fourth-order valence-electron chi connectivity index (χ4n) is 0.606. The molecule has 0 saturated carbocycles. The van der Waals surface area contributed by atoms with Crippen LogP contribution in [0.25, 0.3) is 0 Å². The number of methoxy groups -OCH3 is 1. The first-order valence-corrected chi connectivity index (χ1v) is 5.17. The van der Waals surface area contributed by atoms with Crippen LogP contribution in [-0.4, -0.2) is 45.0 Å². The van der Waals surface area contributed by atoms with E-state index in [4.69, 9.17) is 5.11 Å². The number of sulfonamides is 1. The summed E-state index contributed by atoms with van der Waals surface area (Å²) in [5.74, 6) is -0.828. The topological polar surface area (TPSA) is 92.7 Å². The number of esters is 1. The molecule has 0 fully saturated rings. The number of ether oxygens (including phenoxy) is 1. The summed E-state index contributed by atoms with van der Waals surface area (Å²) in [6.45, 7) is 0.794. The lowest BCUT2D eigenvalue weighted by Crippen LogP contribution is -2.39. The maximum absolute atomic E-state index is 11.2. The lowest BCUT2D eigenvalue weighted by molar-refractivity contribution is -0.139. The highest BCUT2D eigenvalue weighted by atomic mass is 32.2. The summed E-state index contributed by atoms with van der Waals surface area (Å²) in [5.41, 5.74) is 0. The fourth-order valence-corrected chi connectivity index (χ4v) is 1.58. The number of carbonyl (C=O) groups excluding carboxylic acids is 1. The Morgan fingerprint density at radius 2 is 2.15 bits per heavy atom. The summed E-state index contributed by atoms with van der Waals surface area (Å²) in [6, 6.07) is 0. The second-order valence-electron chi connectivity index (χ2n) is 2.33. The molecular formula is C6H13NO5S. The van der Waals surface area contributed by atoms with Gasteiger partial charge in [-0.1, -0.05) is 0 Å². The molecule has 6 nitrogen and oxygen atoms in total. The third-order valence-electron chi connectivity index (χ3n) is 1.41. The molecule has 78 valence electrons. The summed E-state index contributed by atoms with van der Waals surface area (Å²) in [6.07, 6.45) is 0. The Labute approximate surface area is 76.9 Å². The molecule has 0 aromatic heterocycles. The van der Waals surface area contributed by atoms with Gasteiger partial charge in [0.2, 0.25) is 10.0 Å². The Morgan fingerprint density at radius 3 is 2.54 bits per heavy atom. The molecule has 0 spiro atoms. The number of aliphatic hydroxyl groups excluding tert-OH is 1. The molecule has 1 unspecified atom stereocenters. The molecule has 0 heterocycles. The van der Waals surface area contributed by atoms with E-state index >= 15 is 0 Å². The largest absolute Gasteiger partial charge is 0.468 e. The van der Waals surface area contributed by atoms with E-state index in [0.29, 0.717) is 0 Å². The Bertz CT molecular complexity index is 260. The molecule has 1 atom stereocenters. The smallest absolute Gasteiger partial charge is 0.325 e. The summed E-state index contributed by atoms with van der Waals surface area (Å²) in [7, 11) is -2.61. The van der Waals surface area contributed by atoms with Gasteiger partial charge in [-0.05, 0) is 6.92 Å². The van der Waals surface area contributed by atoms with Crippen molar-refractivity contribution < 1.29 is 23.1 Å². The number of hydrogen-bond acceptors (Lipinski definition) is 5. The van der Waals surface area contributed by atoms with Gasteiger partial charge in [0, 0.05) is 6.54 Å². The van der Waals surface area contributed by atoms with Gasteiger partial charge in [-0.25, -0.2) is 13.1 Å². The van der Waals surface area contributed by atoms with Crippen LogP contribution in [0.3, 0.4) is 0 Å². The molecule has 0 aromatic carbocycles. The van der Waals surface area contributed by atoms with E-state index in [2.05, 4.69) is 4.74 Å². The van der Waals surface area contributed by atoms with Gasteiger partial charge >= 0.3 is 5.97 Å². The quantitative estimate of drug-likeness (QED) is 0.538. The highest BCUT2D eigenvalue weighted by Gasteiger charge is 2.27. The maximum Gasteiger partial charge on any atom is 0.325 e. The Hall–Kier alpha value is -0.660. The molecule has 0 radical (unpaired) electrons. The van der Waals surface area contributed by atoms with Crippen LogP contribution >= 0.6 is 0 Å². The van der Waals surface area contributed by atoms with Gasteiger partial charge in [0.15, 0.2) is 5.25 Å². The zero-order chi connectivity index (χ0) is 10.5. The fraction of sp³-hybridized carbons (Fsp3) is 0.833. The molecule has 0 aliphatic carbocycles. The van der Waals surface area contributed by atoms with Gasteiger partial charge in [-0.15, -0.1) is 0 Å². The average molecular weight is 211 g/mol. The van der Waals surface area contributed by atoms with Crippen LogP contribution in [0.4, 0.5) is 0 Å². The third-order valence-corrected chi connectivity index (χ3v) is 3.14. The maximum atomic E-state index is 11.2. The van der Waals surface area contributed by atoms with Crippen LogP contribution < -0.4 is 4.72 Å². The summed E-state index contributed by atoms with van der Waals surface area (Å²) >= 11 is 0. The SMILES string of the molecule is COC(=O)C(C)S(=O)(=O)NCCO. The van der Waals surface area contributed by atoms with E-state index in [1.165, 1.54) is 6.92 Å². The van der Waals surface area contributed by atoms with Crippen molar-refractivity contribution in [1.82, 2.24) is 4.72 Å². The number of aliphatic hydroxyl groups is 1. The monoisotopic (exact) mass is 211 g/mol. The predicted molar refractivity (Wildman–Crippen MR) is 45.5 cm³/mol. The Balaban J connectivity index is 4.37. The number of nitrogens with one attached hydrogen (secondary N) is 1. The number of rotatable bonds is 5. The van der Waals surface area contributed by atoms with Crippen LogP contribution in [0.15, 0.2) is 0 Å². The van der Waals surface area contributed by atoms with E-state index in [-0.39, 0.29) is 13.2 Å². The van der Waals surface area contributed by atoms with E-state index in [0.717, 1.165) is 7.11 Å². The van der Waals surface area contributed by atoms with Crippen molar-refractivity contribution in [2.24, 2.45) is 0 Å². The van der Waals surface area contributed by atoms with Gasteiger partial charge in [0.05, 0.1) is 13.7 Å². The second-order valence-corrected chi connectivity index (χ2v) is 4.41. The minimum absolute atomic E-state index is 0.107. The number of hydrogen-bond donors (Lipinski definition) is 2. The molecule has 0 aromatic rings. The lowest BCUT2D eigenvalue weighted by Gasteiger charge is -2.10. The Kier molecular flexibility index (Phi) is 4.89. The van der Waals surface area contributed by atoms with Crippen LogP contribution in [0.1, 0.15) is 6.92 Å². The van der Waals surface area contributed by atoms with Crippen molar-refractivity contribution in [3.05, 3.63) is 0 Å². The highest BCUT2D eigenvalue weighted by molar-refractivity contribution is 7.90. The van der Waals surface area contributed by atoms with Gasteiger partial charge in [-0.2, -0.15) is 0 Å². The van der Waals surface area contributed by atoms with Crippen LogP contribution in [0.2, 0.25) is 0 Å². The van der Waals surface area contributed by atoms with Crippen molar-refractivity contribution >= 4 is 16.0 Å². The molecular weight excluding hydrogens is 198 g/mol. The molecule has 0 amide bonds. The standard InChI is InChI=1S/C6H13NO5S/c1-5(6(9)12-2)13(10,11)7-3-4-8/h5,7-8H,3-4H2,1-2H3. The first-order chi connectivity index (χ1) is 5.95. The summed E-state index contributed by atoms with van der Waals surface area (Å²) in [5, 5.41) is 7.10. The Morgan fingerprint density at radius 1 is 1.62 bits per heavy atom. The molecule has 0 saturated heterocycles. The second kappa shape index (κ2) is 5.15. The van der Waals surface area contributed by atoms with Gasteiger partial charge in [0.25, 0.3) is 0 Å². The summed E-state index contributed by atoms with van der Waals surface area (Å²) < 4.78 is 28.6. The molecule has 7 heteroatoms. The third kappa shape index (κ3) is 3.71. The van der Waals surface area contributed by atoms with Crippen molar-refractivity contribution in [2.75, 3.05) is 20.3 Å². The van der Waals surface area contributed by atoms with Crippen molar-refractivity contribution in [1.29, 1.82) is 0 Å². The van der Waals surface area contributed by atoms with Crippen molar-refractivity contribution in [3.8, 4) is 0 Å². The molecule has 2 N–H and O–H groups in total. The van der Waals surface area contributed by atoms with Crippen LogP contribution in [0, 0.1) is 0 Å². The van der Waals surface area contributed by atoms with E-state index in [1.807, 2.05) is 4.72 Å². The lowest BCUT2D eigenvalue weighted by atomic mass is 10.5. The van der Waals surface area contributed by atoms with E-state index in [9.17, 15) is 13.2 Å². The average Bonchev–Trinajstić information content (AvgIpc) is 2.12. The van der Waals surface area contributed by atoms with Crippen molar-refractivity contribution in [2.45, 2.75) is 12.2 Å². The molecule has 0 rings (SSSR count). The van der Waals surface area contributed by atoms with Gasteiger partial charge in [0.1, 0.15) is 0 Å². The first-order valence-electron chi connectivity index (χ1n) is 3.63. The van der Waals surface area contributed by atoms with Crippen molar-refractivity contribution in [3.63, 3.8) is 0 Å². The zero-order valence-corrected chi connectivity index (χ0v) is 8.30. The minimum atomic E-state index is -3.72. The molecule has 0 bridgehead atoms. The van der Waals surface area contributed by atoms with E-state index < -0.39 is 21.2 Å². The number of carbonyl (C=O) groups is 1. The van der Waals surface area contributed by atoms with E-state index in [1.54, 1.807) is 0 Å². The van der Waals surface area contributed by atoms with Gasteiger partial charge < -0.3 is 9.84 Å². The normalized spacial score (nSPS) is 13.8. The minimum Gasteiger partial charge on any atom is -0.468 e. The summed E-state index contributed by atoms with van der Waals surface area (Å²) in [4.78, 5) is 10.8. The van der Waals surface area contributed by atoms with Crippen LogP contribution in [-0.2, 0) is 19.6 Å². The molecule has 0 aliphatic heterocycles. The van der Waals surface area contributed by atoms with Gasteiger partial charge in [-0.3, -0.25) is 4.79 Å². The first kappa shape index (κ1) is 12.3. The highest BCUT2D eigenvalue weighted by Crippen LogP contribution is 1.99. The molecule has 13 heavy (non-hydrogen) atoms. The molecule has 0 aliphatic rings. The predicted octanol–water partition coefficient (Wildman–Crippen LogP) is -1.54.